The number of anilines is 1. The Hall–Kier alpha value is -1.93. The number of carbonyl (C=O) groups is 2. The predicted molar refractivity (Wildman–Crippen MR) is 89.0 cm³/mol. The van der Waals surface area contributed by atoms with Crippen molar-refractivity contribution in [3.63, 3.8) is 0 Å². The van der Waals surface area contributed by atoms with Crippen LogP contribution in [0.1, 0.15) is 12.8 Å². The van der Waals surface area contributed by atoms with Crippen molar-refractivity contribution in [1.82, 2.24) is 15.5 Å². The van der Waals surface area contributed by atoms with Crippen molar-refractivity contribution in [3.8, 4) is 0 Å². The maximum atomic E-state index is 12.3. The number of aliphatic hydroxyl groups is 1. The SMILES string of the molecule is O=C(NCCCO)[C@@H]1CC(=O)N(c2n[nH]c3cc(Br)ccc23)C1. The summed E-state index contributed by atoms with van der Waals surface area (Å²) in [6.07, 6.45) is 0.685. The highest BCUT2D eigenvalue weighted by Crippen LogP contribution is 2.31. The molecule has 2 aromatic rings. The molecule has 1 aliphatic rings. The summed E-state index contributed by atoms with van der Waals surface area (Å²) in [6, 6.07) is 5.67. The van der Waals surface area contributed by atoms with Gasteiger partial charge in [-0.15, -0.1) is 0 Å². The minimum absolute atomic E-state index is 0.0326. The lowest BCUT2D eigenvalue weighted by Gasteiger charge is -2.14. The molecule has 7 nitrogen and oxygen atoms in total. The molecule has 23 heavy (non-hydrogen) atoms. The van der Waals surface area contributed by atoms with Crippen LogP contribution in [0, 0.1) is 5.92 Å². The van der Waals surface area contributed by atoms with Gasteiger partial charge in [-0.3, -0.25) is 19.6 Å². The van der Waals surface area contributed by atoms with E-state index in [9.17, 15) is 9.59 Å². The average Bonchev–Trinajstić information content (AvgIpc) is 3.10. The van der Waals surface area contributed by atoms with Crippen LogP contribution in [0.4, 0.5) is 5.82 Å². The third-order valence-corrected chi connectivity index (χ3v) is 4.38. The maximum Gasteiger partial charge on any atom is 0.229 e. The van der Waals surface area contributed by atoms with Crippen LogP contribution in [0.15, 0.2) is 22.7 Å². The van der Waals surface area contributed by atoms with E-state index >= 15 is 0 Å². The fourth-order valence-corrected chi connectivity index (χ4v) is 3.07. The predicted octanol–water partition coefficient (Wildman–Crippen LogP) is 1.18. The first kappa shape index (κ1) is 15.9. The van der Waals surface area contributed by atoms with Crippen molar-refractivity contribution in [3.05, 3.63) is 22.7 Å². The normalized spacial score (nSPS) is 17.9. The standard InChI is InChI=1S/C15H17BrN4O3/c16-10-2-3-11-12(7-10)18-19-14(11)20-8-9(6-13(20)22)15(23)17-4-1-5-21/h2-3,7,9,21H,1,4-6,8H2,(H,17,23)(H,18,19)/t9-/m1/s1. The van der Waals surface area contributed by atoms with Gasteiger partial charge in [0.1, 0.15) is 0 Å². The molecule has 1 saturated heterocycles. The number of nitrogens with one attached hydrogen (secondary N) is 2. The summed E-state index contributed by atoms with van der Waals surface area (Å²) in [7, 11) is 0. The van der Waals surface area contributed by atoms with E-state index in [1.165, 1.54) is 0 Å². The first-order valence-electron chi connectivity index (χ1n) is 7.42. The Bertz CT molecular complexity index is 745. The van der Waals surface area contributed by atoms with Crippen LogP contribution in [0.25, 0.3) is 10.9 Å². The second-order valence-electron chi connectivity index (χ2n) is 5.51. The second kappa shape index (κ2) is 6.67. The van der Waals surface area contributed by atoms with Gasteiger partial charge in [0.25, 0.3) is 0 Å². The Kier molecular flexibility index (Phi) is 4.63. The minimum Gasteiger partial charge on any atom is -0.396 e. The highest BCUT2D eigenvalue weighted by atomic mass is 79.9. The molecule has 2 heterocycles. The zero-order chi connectivity index (χ0) is 16.4. The van der Waals surface area contributed by atoms with E-state index in [-0.39, 0.29) is 30.8 Å². The van der Waals surface area contributed by atoms with Crippen LogP contribution in [0.5, 0.6) is 0 Å². The Balaban J connectivity index is 1.75. The lowest BCUT2D eigenvalue weighted by molar-refractivity contribution is -0.126. The Morgan fingerprint density at radius 3 is 3.13 bits per heavy atom. The Labute approximate surface area is 141 Å². The van der Waals surface area contributed by atoms with Gasteiger partial charge in [0.15, 0.2) is 5.82 Å². The fraction of sp³-hybridized carbons (Fsp3) is 0.400. The number of nitrogens with zero attached hydrogens (tertiary/aromatic N) is 2. The number of aromatic amines is 1. The van der Waals surface area contributed by atoms with E-state index < -0.39 is 0 Å². The topological polar surface area (TPSA) is 98.3 Å². The van der Waals surface area contributed by atoms with Gasteiger partial charge in [-0.05, 0) is 24.6 Å². The molecule has 0 bridgehead atoms. The van der Waals surface area contributed by atoms with E-state index in [0.717, 1.165) is 15.4 Å². The number of H-pyrrole nitrogens is 1. The molecule has 1 atom stereocenters. The molecule has 3 N–H and O–H groups in total. The van der Waals surface area contributed by atoms with Crippen LogP contribution in [-0.4, -0.2) is 46.8 Å². The van der Waals surface area contributed by atoms with Crippen molar-refractivity contribution >= 4 is 44.5 Å². The third kappa shape index (κ3) is 3.23. The number of aromatic nitrogens is 2. The summed E-state index contributed by atoms with van der Waals surface area (Å²) in [5.74, 6) is -0.0907. The molecule has 0 unspecified atom stereocenters. The average molecular weight is 381 g/mol. The molecule has 122 valence electrons. The molecule has 1 fully saturated rings. The van der Waals surface area contributed by atoms with Crippen molar-refractivity contribution in [1.29, 1.82) is 0 Å². The van der Waals surface area contributed by atoms with E-state index in [2.05, 4.69) is 31.4 Å². The van der Waals surface area contributed by atoms with Crippen LogP contribution in [0.3, 0.4) is 0 Å². The molecule has 3 rings (SSSR count). The van der Waals surface area contributed by atoms with E-state index in [1.807, 2.05) is 18.2 Å². The summed E-state index contributed by atoms with van der Waals surface area (Å²) in [4.78, 5) is 25.9. The highest BCUT2D eigenvalue weighted by molar-refractivity contribution is 9.10. The molecule has 1 aromatic heterocycles. The largest absolute Gasteiger partial charge is 0.396 e. The number of fused-ring (bicyclic) bond motifs is 1. The molecule has 0 saturated carbocycles. The van der Waals surface area contributed by atoms with Gasteiger partial charge in [0, 0.05) is 36.0 Å². The van der Waals surface area contributed by atoms with Crippen LogP contribution in [-0.2, 0) is 9.59 Å². The summed E-state index contributed by atoms with van der Waals surface area (Å²) >= 11 is 3.40. The number of hydrogen-bond donors (Lipinski definition) is 3. The highest BCUT2D eigenvalue weighted by Gasteiger charge is 2.36. The number of aliphatic hydroxyl groups excluding tert-OH is 1. The molecule has 1 aromatic carbocycles. The quantitative estimate of drug-likeness (QED) is 0.678. The fourth-order valence-electron chi connectivity index (χ4n) is 2.71. The lowest BCUT2D eigenvalue weighted by atomic mass is 10.1. The van der Waals surface area contributed by atoms with Crippen LogP contribution in [0.2, 0.25) is 0 Å². The smallest absolute Gasteiger partial charge is 0.229 e. The Morgan fingerprint density at radius 2 is 2.35 bits per heavy atom. The van der Waals surface area contributed by atoms with Gasteiger partial charge < -0.3 is 10.4 Å². The summed E-state index contributed by atoms with van der Waals surface area (Å²) in [5, 5.41) is 19.5. The minimum atomic E-state index is -0.386. The summed E-state index contributed by atoms with van der Waals surface area (Å²) in [6.45, 7) is 0.768. The number of carbonyl (C=O) groups excluding carboxylic acids is 2. The Morgan fingerprint density at radius 1 is 1.52 bits per heavy atom. The number of benzene rings is 1. The van der Waals surface area contributed by atoms with Crippen molar-refractivity contribution < 1.29 is 14.7 Å². The number of halogens is 1. The molecule has 0 spiro atoms. The van der Waals surface area contributed by atoms with Gasteiger partial charge in [0.2, 0.25) is 11.8 Å². The van der Waals surface area contributed by atoms with Gasteiger partial charge >= 0.3 is 0 Å². The molecule has 8 heteroatoms. The van der Waals surface area contributed by atoms with E-state index in [0.29, 0.717) is 25.3 Å². The molecule has 2 amide bonds. The molecule has 0 radical (unpaired) electrons. The van der Waals surface area contributed by atoms with Crippen molar-refractivity contribution in [2.24, 2.45) is 5.92 Å². The van der Waals surface area contributed by atoms with Crippen molar-refractivity contribution in [2.45, 2.75) is 12.8 Å². The van der Waals surface area contributed by atoms with Crippen molar-refractivity contribution in [2.75, 3.05) is 24.6 Å². The summed E-state index contributed by atoms with van der Waals surface area (Å²) in [5.41, 5.74) is 0.832. The zero-order valence-corrected chi connectivity index (χ0v) is 14.0. The van der Waals surface area contributed by atoms with Gasteiger partial charge in [0.05, 0.1) is 11.4 Å². The monoisotopic (exact) mass is 380 g/mol. The van der Waals surface area contributed by atoms with Crippen LogP contribution < -0.4 is 10.2 Å². The maximum absolute atomic E-state index is 12.3. The van der Waals surface area contributed by atoms with E-state index in [4.69, 9.17) is 5.11 Å². The molecular weight excluding hydrogens is 364 g/mol. The molecule has 0 aliphatic carbocycles. The zero-order valence-electron chi connectivity index (χ0n) is 12.4. The lowest BCUT2D eigenvalue weighted by Crippen LogP contribution is -2.33. The molecule has 1 aliphatic heterocycles. The third-order valence-electron chi connectivity index (χ3n) is 3.89. The number of amides is 2. The number of rotatable bonds is 5. The van der Waals surface area contributed by atoms with Gasteiger partial charge in [-0.1, -0.05) is 15.9 Å². The van der Waals surface area contributed by atoms with Crippen LogP contribution >= 0.6 is 15.9 Å². The number of hydrogen-bond acceptors (Lipinski definition) is 4. The van der Waals surface area contributed by atoms with Gasteiger partial charge in [-0.25, -0.2) is 0 Å². The first-order chi connectivity index (χ1) is 11.1. The van der Waals surface area contributed by atoms with Gasteiger partial charge in [-0.2, -0.15) is 5.10 Å². The van der Waals surface area contributed by atoms with E-state index in [1.54, 1.807) is 4.90 Å². The second-order valence-corrected chi connectivity index (χ2v) is 6.43. The molecular formula is C15H17BrN4O3. The first-order valence-corrected chi connectivity index (χ1v) is 8.22. The summed E-state index contributed by atoms with van der Waals surface area (Å²) < 4.78 is 0.925.